The lowest BCUT2D eigenvalue weighted by Crippen LogP contribution is -2.42. The molecular formula is C12H15N3O5S. The number of H-pyrrole nitrogens is 1. The summed E-state index contributed by atoms with van der Waals surface area (Å²) in [5, 5.41) is 12.6. The summed E-state index contributed by atoms with van der Waals surface area (Å²) in [6.45, 7) is 2.33. The van der Waals surface area contributed by atoms with Crippen molar-refractivity contribution in [3.63, 3.8) is 0 Å². The van der Waals surface area contributed by atoms with Crippen molar-refractivity contribution < 1.29 is 17.9 Å². The minimum atomic E-state index is -3.82. The monoisotopic (exact) mass is 313 g/mol. The van der Waals surface area contributed by atoms with E-state index in [0.717, 1.165) is 0 Å². The Kier molecular flexibility index (Phi) is 3.36. The first-order valence-electron chi connectivity index (χ1n) is 6.41. The molecule has 1 aromatic heterocycles. The van der Waals surface area contributed by atoms with E-state index in [2.05, 4.69) is 15.0 Å². The van der Waals surface area contributed by atoms with E-state index < -0.39 is 27.9 Å². The van der Waals surface area contributed by atoms with E-state index >= 15 is 0 Å². The van der Waals surface area contributed by atoms with Crippen LogP contribution in [-0.4, -0.2) is 43.7 Å². The SMILES string of the molecule is Cc1cc2[nH]c(=O)oc2cc1S(=O)(=O)N[C@@H]1CNC[C@H]1O. The zero-order chi connectivity index (χ0) is 15.2. The van der Waals surface area contributed by atoms with Gasteiger partial charge in [-0.2, -0.15) is 0 Å². The number of nitrogens with one attached hydrogen (secondary N) is 3. The molecule has 21 heavy (non-hydrogen) atoms. The summed E-state index contributed by atoms with van der Waals surface area (Å²) < 4.78 is 32.2. The number of hydrogen-bond acceptors (Lipinski definition) is 6. The highest BCUT2D eigenvalue weighted by molar-refractivity contribution is 7.89. The molecule has 2 atom stereocenters. The van der Waals surface area contributed by atoms with Crippen LogP contribution in [0.25, 0.3) is 11.1 Å². The number of benzene rings is 1. The van der Waals surface area contributed by atoms with E-state index in [1.54, 1.807) is 6.92 Å². The smallest absolute Gasteiger partial charge is 0.408 e. The lowest BCUT2D eigenvalue weighted by atomic mass is 10.2. The molecule has 1 saturated heterocycles. The van der Waals surface area contributed by atoms with Gasteiger partial charge >= 0.3 is 5.76 Å². The molecule has 1 aliphatic rings. The van der Waals surface area contributed by atoms with Gasteiger partial charge in [0.1, 0.15) is 0 Å². The van der Waals surface area contributed by atoms with Gasteiger partial charge in [-0.25, -0.2) is 17.9 Å². The van der Waals surface area contributed by atoms with Gasteiger partial charge in [-0.1, -0.05) is 0 Å². The number of aromatic nitrogens is 1. The Morgan fingerprint density at radius 3 is 2.81 bits per heavy atom. The predicted molar refractivity (Wildman–Crippen MR) is 74.6 cm³/mol. The molecule has 0 bridgehead atoms. The Hall–Kier alpha value is -1.68. The maximum absolute atomic E-state index is 12.4. The van der Waals surface area contributed by atoms with Crippen molar-refractivity contribution in [2.24, 2.45) is 0 Å². The number of β-amino-alcohol motifs (C(OH)–C–C–N with tert-alkyl or cyclic N) is 1. The van der Waals surface area contributed by atoms with Crippen molar-refractivity contribution >= 4 is 21.1 Å². The average molecular weight is 313 g/mol. The molecule has 0 unspecified atom stereocenters. The molecule has 3 rings (SSSR count). The average Bonchev–Trinajstić information content (AvgIpc) is 2.93. The van der Waals surface area contributed by atoms with Crippen LogP contribution in [0.2, 0.25) is 0 Å². The van der Waals surface area contributed by atoms with Crippen molar-refractivity contribution in [3.8, 4) is 0 Å². The van der Waals surface area contributed by atoms with Gasteiger partial charge in [0, 0.05) is 19.2 Å². The van der Waals surface area contributed by atoms with Crippen molar-refractivity contribution in [1.82, 2.24) is 15.0 Å². The molecule has 1 fully saturated rings. The van der Waals surface area contributed by atoms with Crippen LogP contribution in [0.3, 0.4) is 0 Å². The molecule has 1 aliphatic heterocycles. The number of oxazole rings is 1. The molecule has 4 N–H and O–H groups in total. The standard InChI is InChI=1S/C12H15N3O5S/c1-6-2-7-10(20-12(17)14-7)3-11(6)21(18,19)15-8-4-13-5-9(8)16/h2-3,8-9,13,15-16H,4-5H2,1H3,(H,14,17)/t8-,9-/m1/s1. The Labute approximate surface area is 120 Å². The van der Waals surface area contributed by atoms with Gasteiger partial charge in [-0.15, -0.1) is 0 Å². The Morgan fingerprint density at radius 1 is 1.38 bits per heavy atom. The molecule has 114 valence electrons. The Morgan fingerprint density at radius 2 is 2.14 bits per heavy atom. The van der Waals surface area contributed by atoms with Crippen molar-refractivity contribution in [1.29, 1.82) is 0 Å². The second-order valence-corrected chi connectivity index (χ2v) is 6.76. The van der Waals surface area contributed by atoms with Gasteiger partial charge in [0.2, 0.25) is 10.0 Å². The van der Waals surface area contributed by atoms with Crippen LogP contribution in [0.5, 0.6) is 0 Å². The molecule has 1 aromatic carbocycles. The first kappa shape index (κ1) is 14.3. The number of aliphatic hydroxyl groups is 1. The predicted octanol–water partition coefficient (Wildman–Crippen LogP) is -0.959. The number of rotatable bonds is 3. The second-order valence-electron chi connectivity index (χ2n) is 5.08. The lowest BCUT2D eigenvalue weighted by Gasteiger charge is -2.16. The van der Waals surface area contributed by atoms with Crippen LogP contribution in [0.1, 0.15) is 5.56 Å². The molecule has 0 saturated carbocycles. The van der Waals surface area contributed by atoms with Crippen LogP contribution in [0, 0.1) is 6.92 Å². The minimum absolute atomic E-state index is 0.0249. The van der Waals surface area contributed by atoms with Crippen LogP contribution in [0.15, 0.2) is 26.2 Å². The Bertz CT molecular complexity index is 838. The highest BCUT2D eigenvalue weighted by atomic mass is 32.2. The van der Waals surface area contributed by atoms with Gasteiger partial charge in [0.25, 0.3) is 0 Å². The lowest BCUT2D eigenvalue weighted by molar-refractivity contribution is 0.173. The molecule has 2 aromatic rings. The summed E-state index contributed by atoms with van der Waals surface area (Å²) in [7, 11) is -3.82. The van der Waals surface area contributed by atoms with Gasteiger partial charge in [-0.3, -0.25) is 4.98 Å². The number of sulfonamides is 1. The topological polar surface area (TPSA) is 124 Å². The van der Waals surface area contributed by atoms with Gasteiger partial charge in [0.05, 0.1) is 22.6 Å². The maximum atomic E-state index is 12.4. The third kappa shape index (κ3) is 2.60. The normalized spacial score (nSPS) is 23.0. The first-order chi connectivity index (χ1) is 9.87. The number of hydrogen-bond donors (Lipinski definition) is 4. The van der Waals surface area contributed by atoms with Crippen LogP contribution < -0.4 is 15.8 Å². The van der Waals surface area contributed by atoms with Crippen molar-refractivity contribution in [2.75, 3.05) is 13.1 Å². The van der Waals surface area contributed by atoms with Gasteiger partial charge in [-0.05, 0) is 18.6 Å². The summed E-state index contributed by atoms with van der Waals surface area (Å²) in [4.78, 5) is 13.6. The first-order valence-corrected chi connectivity index (χ1v) is 7.90. The van der Waals surface area contributed by atoms with E-state index in [-0.39, 0.29) is 10.5 Å². The quantitative estimate of drug-likeness (QED) is 0.578. The summed E-state index contributed by atoms with van der Waals surface area (Å²) in [5.41, 5.74) is 1.10. The van der Waals surface area contributed by atoms with Crippen LogP contribution >= 0.6 is 0 Å². The zero-order valence-electron chi connectivity index (χ0n) is 11.2. The molecule has 0 amide bonds. The fourth-order valence-corrected chi connectivity index (χ4v) is 3.94. The summed E-state index contributed by atoms with van der Waals surface area (Å²) in [6, 6.07) is 2.26. The molecule has 0 spiro atoms. The van der Waals surface area contributed by atoms with E-state index in [9.17, 15) is 18.3 Å². The van der Waals surface area contributed by atoms with Crippen molar-refractivity contribution in [3.05, 3.63) is 28.2 Å². The molecule has 0 aliphatic carbocycles. The summed E-state index contributed by atoms with van der Waals surface area (Å²) in [5.74, 6) is -0.637. The van der Waals surface area contributed by atoms with Crippen LogP contribution in [0.4, 0.5) is 0 Å². The fraction of sp³-hybridized carbons (Fsp3) is 0.417. The number of fused-ring (bicyclic) bond motifs is 1. The number of aryl methyl sites for hydroxylation is 1. The van der Waals surface area contributed by atoms with E-state index in [1.165, 1.54) is 12.1 Å². The van der Waals surface area contributed by atoms with Crippen LogP contribution in [-0.2, 0) is 10.0 Å². The van der Waals surface area contributed by atoms with E-state index in [0.29, 0.717) is 24.2 Å². The molecule has 2 heterocycles. The number of aliphatic hydroxyl groups excluding tert-OH is 1. The van der Waals surface area contributed by atoms with E-state index in [4.69, 9.17) is 4.42 Å². The molecule has 8 nitrogen and oxygen atoms in total. The summed E-state index contributed by atoms with van der Waals surface area (Å²) in [6.07, 6.45) is -0.769. The third-order valence-corrected chi connectivity index (χ3v) is 5.13. The van der Waals surface area contributed by atoms with Gasteiger partial charge in [0.15, 0.2) is 5.58 Å². The summed E-state index contributed by atoms with van der Waals surface area (Å²) >= 11 is 0. The minimum Gasteiger partial charge on any atom is -0.408 e. The molecule has 0 radical (unpaired) electrons. The maximum Gasteiger partial charge on any atom is 0.417 e. The molecular weight excluding hydrogens is 298 g/mol. The highest BCUT2D eigenvalue weighted by Crippen LogP contribution is 2.22. The molecule has 9 heteroatoms. The highest BCUT2D eigenvalue weighted by Gasteiger charge is 2.30. The van der Waals surface area contributed by atoms with E-state index in [1.807, 2.05) is 0 Å². The zero-order valence-corrected chi connectivity index (χ0v) is 12.0. The number of aromatic amines is 1. The van der Waals surface area contributed by atoms with Crippen molar-refractivity contribution in [2.45, 2.75) is 24.0 Å². The van der Waals surface area contributed by atoms with Gasteiger partial charge < -0.3 is 14.8 Å². The largest absolute Gasteiger partial charge is 0.417 e. The fourth-order valence-electron chi connectivity index (χ4n) is 2.42. The third-order valence-electron chi connectivity index (χ3n) is 3.49. The Balaban J connectivity index is 2.01. The second kappa shape index (κ2) is 4.95.